The average Bonchev–Trinajstić information content (AvgIpc) is 3.09. The molecule has 6 heteroatoms. The van der Waals surface area contributed by atoms with Gasteiger partial charge in [-0.2, -0.15) is 4.98 Å². The molecule has 0 fully saturated rings. The molecule has 5 nitrogen and oxygen atoms in total. The van der Waals surface area contributed by atoms with Crippen molar-refractivity contribution in [3.63, 3.8) is 0 Å². The lowest BCUT2D eigenvalue weighted by Gasteiger charge is -2.24. The third-order valence-corrected chi connectivity index (χ3v) is 4.05. The molecule has 0 amide bonds. The summed E-state index contributed by atoms with van der Waals surface area (Å²) in [5.74, 6) is 1.09. The first-order valence-corrected chi connectivity index (χ1v) is 9.64. The van der Waals surface area contributed by atoms with Crippen LogP contribution in [0.2, 0.25) is 0 Å². The van der Waals surface area contributed by atoms with Crippen LogP contribution in [-0.4, -0.2) is 29.7 Å². The lowest BCUT2D eigenvalue weighted by molar-refractivity contribution is 0.310. The summed E-state index contributed by atoms with van der Waals surface area (Å²) >= 11 is 1.64. The maximum absolute atomic E-state index is 5.93. The van der Waals surface area contributed by atoms with E-state index in [9.17, 15) is 0 Å². The molecule has 0 aliphatic rings. The standard InChI is InChI=1S/C16H24N4OS.C2H6/c1-3-7-20(8-4-2)13-11-14(17)19-15(12-13)21-9-5-16-18-6-10-22-16;1-2/h6,10-12H,3-5,7-9H2,1-2H3,(H2,17,19);1-2H3. The summed E-state index contributed by atoms with van der Waals surface area (Å²) in [7, 11) is 0. The van der Waals surface area contributed by atoms with Crippen LogP contribution >= 0.6 is 11.3 Å². The van der Waals surface area contributed by atoms with Gasteiger partial charge in [0.25, 0.3) is 0 Å². The molecule has 2 N–H and O–H groups in total. The Labute approximate surface area is 149 Å². The van der Waals surface area contributed by atoms with Crippen LogP contribution < -0.4 is 15.4 Å². The summed E-state index contributed by atoms with van der Waals surface area (Å²) in [5, 5.41) is 3.04. The molecule has 0 saturated heterocycles. The number of nitrogens with zero attached hydrogens (tertiary/aromatic N) is 3. The van der Waals surface area contributed by atoms with Crippen LogP contribution in [0.5, 0.6) is 5.88 Å². The smallest absolute Gasteiger partial charge is 0.217 e. The zero-order valence-corrected chi connectivity index (χ0v) is 16.1. The topological polar surface area (TPSA) is 64.3 Å². The van der Waals surface area contributed by atoms with E-state index >= 15 is 0 Å². The molecule has 2 rings (SSSR count). The number of nitrogen functional groups attached to an aromatic ring is 1. The van der Waals surface area contributed by atoms with Gasteiger partial charge in [0.2, 0.25) is 5.88 Å². The van der Waals surface area contributed by atoms with Gasteiger partial charge in [-0.1, -0.05) is 27.7 Å². The van der Waals surface area contributed by atoms with Crippen molar-refractivity contribution in [1.29, 1.82) is 0 Å². The number of pyridine rings is 1. The van der Waals surface area contributed by atoms with Crippen LogP contribution in [0.25, 0.3) is 0 Å². The summed E-state index contributed by atoms with van der Waals surface area (Å²) in [5.41, 5.74) is 7.01. The van der Waals surface area contributed by atoms with Gasteiger partial charge in [0.15, 0.2) is 0 Å². The van der Waals surface area contributed by atoms with Crippen molar-refractivity contribution in [2.75, 3.05) is 30.3 Å². The number of anilines is 2. The molecule has 134 valence electrons. The molecule has 2 heterocycles. The highest BCUT2D eigenvalue weighted by molar-refractivity contribution is 7.09. The Morgan fingerprint density at radius 1 is 1.17 bits per heavy atom. The first kappa shape index (κ1) is 20.2. The third-order valence-electron chi connectivity index (χ3n) is 3.21. The SMILES string of the molecule is CC.CCCN(CCC)c1cc(N)nc(OCCc2nccs2)c1. The van der Waals surface area contributed by atoms with E-state index in [0.717, 1.165) is 43.0 Å². The van der Waals surface area contributed by atoms with Gasteiger partial charge in [-0.05, 0) is 12.8 Å². The Morgan fingerprint density at radius 3 is 2.46 bits per heavy atom. The van der Waals surface area contributed by atoms with E-state index in [1.165, 1.54) is 0 Å². The quantitative estimate of drug-likeness (QED) is 0.726. The average molecular weight is 351 g/mol. The highest BCUT2D eigenvalue weighted by atomic mass is 32.1. The van der Waals surface area contributed by atoms with Crippen LogP contribution in [0.1, 0.15) is 45.5 Å². The second-order valence-corrected chi connectivity index (χ2v) is 6.08. The molecule has 0 radical (unpaired) electrons. The molecule has 24 heavy (non-hydrogen) atoms. The minimum Gasteiger partial charge on any atom is -0.477 e. The normalized spacial score (nSPS) is 10.0. The molecular formula is C18H30N4OS. The molecule has 0 atom stereocenters. The van der Waals surface area contributed by atoms with Crippen molar-refractivity contribution < 1.29 is 4.74 Å². The van der Waals surface area contributed by atoms with Gasteiger partial charge in [0, 0.05) is 48.9 Å². The summed E-state index contributed by atoms with van der Waals surface area (Å²) in [4.78, 5) is 10.8. The summed E-state index contributed by atoms with van der Waals surface area (Å²) in [6, 6.07) is 3.89. The Hall–Kier alpha value is -1.82. The highest BCUT2D eigenvalue weighted by Gasteiger charge is 2.09. The van der Waals surface area contributed by atoms with Gasteiger partial charge in [0.05, 0.1) is 11.6 Å². The molecule has 0 aromatic carbocycles. The van der Waals surface area contributed by atoms with Gasteiger partial charge in [-0.25, -0.2) is 4.98 Å². The second-order valence-electron chi connectivity index (χ2n) is 5.10. The zero-order valence-electron chi connectivity index (χ0n) is 15.3. The van der Waals surface area contributed by atoms with Gasteiger partial charge in [-0.15, -0.1) is 11.3 Å². The van der Waals surface area contributed by atoms with Crippen LogP contribution in [0.15, 0.2) is 23.7 Å². The molecular weight excluding hydrogens is 320 g/mol. The van der Waals surface area contributed by atoms with E-state index in [0.29, 0.717) is 18.3 Å². The van der Waals surface area contributed by atoms with E-state index in [4.69, 9.17) is 10.5 Å². The summed E-state index contributed by atoms with van der Waals surface area (Å²) in [6.07, 6.45) is 4.80. The number of thiazole rings is 1. The van der Waals surface area contributed by atoms with E-state index in [2.05, 4.69) is 28.7 Å². The Morgan fingerprint density at radius 2 is 1.88 bits per heavy atom. The van der Waals surface area contributed by atoms with Crippen molar-refractivity contribution in [3.8, 4) is 5.88 Å². The summed E-state index contributed by atoms with van der Waals surface area (Å²) < 4.78 is 5.76. The Bertz CT molecular complexity index is 554. The van der Waals surface area contributed by atoms with E-state index < -0.39 is 0 Å². The third kappa shape index (κ3) is 6.74. The Kier molecular flexibility index (Phi) is 9.84. The maximum atomic E-state index is 5.93. The molecule has 0 spiro atoms. The molecule has 0 bridgehead atoms. The van der Waals surface area contributed by atoms with Crippen LogP contribution in [0.3, 0.4) is 0 Å². The molecule has 0 saturated carbocycles. The van der Waals surface area contributed by atoms with Crippen molar-refractivity contribution in [2.45, 2.75) is 47.0 Å². The van der Waals surface area contributed by atoms with Gasteiger partial charge >= 0.3 is 0 Å². The van der Waals surface area contributed by atoms with Crippen molar-refractivity contribution in [3.05, 3.63) is 28.7 Å². The highest BCUT2D eigenvalue weighted by Crippen LogP contribution is 2.23. The van der Waals surface area contributed by atoms with E-state index in [1.54, 1.807) is 11.3 Å². The second kappa shape index (κ2) is 11.7. The molecule has 0 unspecified atom stereocenters. The first-order chi connectivity index (χ1) is 11.7. The predicted octanol–water partition coefficient (Wildman–Crippen LogP) is 4.39. The number of rotatable bonds is 9. The first-order valence-electron chi connectivity index (χ1n) is 8.76. The number of hydrogen-bond acceptors (Lipinski definition) is 6. The van der Waals surface area contributed by atoms with Crippen molar-refractivity contribution in [1.82, 2.24) is 9.97 Å². The predicted molar refractivity (Wildman–Crippen MR) is 104 cm³/mol. The van der Waals surface area contributed by atoms with Gasteiger partial charge in [-0.3, -0.25) is 0 Å². The molecule has 2 aromatic heterocycles. The fourth-order valence-electron chi connectivity index (χ4n) is 2.30. The summed E-state index contributed by atoms with van der Waals surface area (Å²) in [6.45, 7) is 10.9. The fraction of sp³-hybridized carbons (Fsp3) is 0.556. The number of nitrogens with two attached hydrogens (primary N) is 1. The minimum absolute atomic E-state index is 0.499. The number of aromatic nitrogens is 2. The number of ether oxygens (including phenoxy) is 1. The fourth-order valence-corrected chi connectivity index (χ4v) is 2.90. The number of hydrogen-bond donors (Lipinski definition) is 1. The van der Waals surface area contributed by atoms with Gasteiger partial charge < -0.3 is 15.4 Å². The van der Waals surface area contributed by atoms with E-state index in [-0.39, 0.29) is 0 Å². The lowest BCUT2D eigenvalue weighted by atomic mass is 10.3. The van der Waals surface area contributed by atoms with E-state index in [1.807, 2.05) is 37.6 Å². The van der Waals surface area contributed by atoms with Crippen LogP contribution in [0, 0.1) is 0 Å². The largest absolute Gasteiger partial charge is 0.477 e. The van der Waals surface area contributed by atoms with Gasteiger partial charge in [0.1, 0.15) is 5.82 Å². The zero-order chi connectivity index (χ0) is 17.8. The van der Waals surface area contributed by atoms with Crippen molar-refractivity contribution >= 4 is 22.8 Å². The van der Waals surface area contributed by atoms with Crippen molar-refractivity contribution in [2.24, 2.45) is 0 Å². The maximum Gasteiger partial charge on any atom is 0.217 e. The minimum atomic E-state index is 0.499. The molecule has 2 aromatic rings. The van der Waals surface area contributed by atoms with Crippen LogP contribution in [-0.2, 0) is 6.42 Å². The monoisotopic (exact) mass is 350 g/mol. The lowest BCUT2D eigenvalue weighted by Crippen LogP contribution is -2.25. The van der Waals surface area contributed by atoms with Crippen LogP contribution in [0.4, 0.5) is 11.5 Å². The Balaban J connectivity index is 0.00000139. The molecule has 0 aliphatic carbocycles. The molecule has 0 aliphatic heterocycles.